The number of hydrogen-bond donors (Lipinski definition) is 1. The number of hydrogen-bond acceptors (Lipinski definition) is 1. The third kappa shape index (κ3) is 2.71. The number of nitrogens with two attached hydrogens (primary N) is 1. The molecule has 2 N–H and O–H groups in total. The van der Waals surface area contributed by atoms with E-state index in [0.29, 0.717) is 0 Å². The minimum Gasteiger partial charge on any atom is -0.323 e. The fourth-order valence-electron chi connectivity index (χ4n) is 1.84. The third-order valence-electron chi connectivity index (χ3n) is 2.74. The predicted octanol–water partition coefficient (Wildman–Crippen LogP) is 3.35. The van der Waals surface area contributed by atoms with Crippen LogP contribution in [0.15, 0.2) is 42.5 Å². The predicted molar refractivity (Wildman–Crippen MR) is 63.4 cm³/mol. The van der Waals surface area contributed by atoms with Crippen molar-refractivity contribution >= 4 is 0 Å². The van der Waals surface area contributed by atoms with Crippen LogP contribution in [0.2, 0.25) is 0 Å². The van der Waals surface area contributed by atoms with Crippen molar-refractivity contribution in [2.45, 2.75) is 12.5 Å². The van der Waals surface area contributed by atoms with Crippen molar-refractivity contribution in [3.63, 3.8) is 0 Å². The van der Waals surface area contributed by atoms with Crippen molar-refractivity contribution in [1.29, 1.82) is 0 Å². The summed E-state index contributed by atoms with van der Waals surface area (Å²) in [6.45, 7) is 0. The van der Waals surface area contributed by atoms with E-state index in [1.54, 1.807) is 12.1 Å². The lowest BCUT2D eigenvalue weighted by Crippen LogP contribution is -2.16. The summed E-state index contributed by atoms with van der Waals surface area (Å²) in [5.74, 6) is -1.68. The van der Waals surface area contributed by atoms with Gasteiger partial charge < -0.3 is 5.73 Å². The molecule has 0 aromatic heterocycles. The van der Waals surface area contributed by atoms with E-state index in [4.69, 9.17) is 5.73 Å². The smallest absolute Gasteiger partial charge is 0.130 e. The van der Waals surface area contributed by atoms with Crippen LogP contribution in [0.3, 0.4) is 0 Å². The van der Waals surface area contributed by atoms with E-state index in [0.717, 1.165) is 5.56 Å². The summed E-state index contributed by atoms with van der Waals surface area (Å²) in [5.41, 5.74) is 6.38. The molecule has 0 aliphatic carbocycles. The molecular formula is C14H12F3N. The number of rotatable bonds is 3. The number of halogens is 3. The van der Waals surface area contributed by atoms with Gasteiger partial charge in [0.05, 0.1) is 0 Å². The summed E-state index contributed by atoms with van der Waals surface area (Å²) in [7, 11) is 0. The SMILES string of the molecule is NC(Cc1ccc(F)cc1)c1c(F)cccc1F. The van der Waals surface area contributed by atoms with Crippen LogP contribution in [0.5, 0.6) is 0 Å². The Morgan fingerprint density at radius 3 is 2.00 bits per heavy atom. The second-order valence-electron chi connectivity index (χ2n) is 4.07. The van der Waals surface area contributed by atoms with E-state index >= 15 is 0 Å². The molecular weight excluding hydrogens is 239 g/mol. The molecule has 0 spiro atoms. The highest BCUT2D eigenvalue weighted by Gasteiger charge is 2.16. The van der Waals surface area contributed by atoms with Crippen molar-refractivity contribution in [3.05, 3.63) is 71.0 Å². The number of benzene rings is 2. The maximum Gasteiger partial charge on any atom is 0.130 e. The van der Waals surface area contributed by atoms with Crippen LogP contribution in [0.4, 0.5) is 13.2 Å². The van der Waals surface area contributed by atoms with Gasteiger partial charge in [0.25, 0.3) is 0 Å². The molecule has 1 atom stereocenters. The van der Waals surface area contributed by atoms with E-state index in [1.807, 2.05) is 0 Å². The Morgan fingerprint density at radius 1 is 0.889 bits per heavy atom. The molecule has 0 fully saturated rings. The van der Waals surface area contributed by atoms with Gasteiger partial charge in [0.15, 0.2) is 0 Å². The largest absolute Gasteiger partial charge is 0.323 e. The Balaban J connectivity index is 2.22. The summed E-state index contributed by atoms with van der Waals surface area (Å²) in [6, 6.07) is 8.52. The fourth-order valence-corrected chi connectivity index (χ4v) is 1.84. The Morgan fingerprint density at radius 2 is 1.44 bits per heavy atom. The summed E-state index contributed by atoms with van der Waals surface area (Å²) in [6.07, 6.45) is 0.248. The normalized spacial score (nSPS) is 12.4. The quantitative estimate of drug-likeness (QED) is 0.889. The first-order valence-corrected chi connectivity index (χ1v) is 5.52. The average molecular weight is 251 g/mol. The summed E-state index contributed by atoms with van der Waals surface area (Å²) < 4.78 is 39.7. The maximum absolute atomic E-state index is 13.5. The molecule has 0 amide bonds. The first-order valence-electron chi connectivity index (χ1n) is 5.52. The summed E-state index contributed by atoms with van der Waals surface area (Å²) in [4.78, 5) is 0. The van der Waals surface area contributed by atoms with E-state index in [2.05, 4.69) is 0 Å². The van der Waals surface area contributed by atoms with Crippen LogP contribution in [0, 0.1) is 17.5 Å². The molecule has 0 radical (unpaired) electrons. The maximum atomic E-state index is 13.5. The van der Waals surface area contributed by atoms with Gasteiger partial charge in [-0.1, -0.05) is 18.2 Å². The first kappa shape index (κ1) is 12.6. The molecule has 2 rings (SSSR count). The van der Waals surface area contributed by atoms with Crippen molar-refractivity contribution in [2.75, 3.05) is 0 Å². The monoisotopic (exact) mass is 251 g/mol. The molecule has 18 heavy (non-hydrogen) atoms. The van der Waals surface area contributed by atoms with Gasteiger partial charge in [0, 0.05) is 11.6 Å². The zero-order valence-corrected chi connectivity index (χ0v) is 9.54. The lowest BCUT2D eigenvalue weighted by Gasteiger charge is -2.14. The molecule has 0 heterocycles. The van der Waals surface area contributed by atoms with Gasteiger partial charge in [-0.2, -0.15) is 0 Å². The highest BCUT2D eigenvalue weighted by molar-refractivity contribution is 5.26. The fraction of sp³-hybridized carbons (Fsp3) is 0.143. The van der Waals surface area contributed by atoms with E-state index in [9.17, 15) is 13.2 Å². The van der Waals surface area contributed by atoms with E-state index in [-0.39, 0.29) is 17.8 Å². The summed E-state index contributed by atoms with van der Waals surface area (Å²) >= 11 is 0. The standard InChI is InChI=1S/C14H12F3N/c15-10-6-4-9(5-7-10)8-13(18)14-11(16)2-1-3-12(14)17/h1-7,13H,8,18H2. The van der Waals surface area contributed by atoms with Gasteiger partial charge >= 0.3 is 0 Å². The average Bonchev–Trinajstić information content (AvgIpc) is 2.32. The molecule has 2 aromatic carbocycles. The van der Waals surface area contributed by atoms with Gasteiger partial charge in [-0.15, -0.1) is 0 Å². The van der Waals surface area contributed by atoms with Crippen molar-refractivity contribution in [1.82, 2.24) is 0 Å². The van der Waals surface area contributed by atoms with Crippen LogP contribution < -0.4 is 5.73 Å². The minimum atomic E-state index is -0.795. The van der Waals surface area contributed by atoms with Crippen LogP contribution >= 0.6 is 0 Å². The Labute approximate surface area is 103 Å². The third-order valence-corrected chi connectivity index (χ3v) is 2.74. The van der Waals surface area contributed by atoms with Gasteiger partial charge in [0.2, 0.25) is 0 Å². The van der Waals surface area contributed by atoms with Gasteiger partial charge in [-0.25, -0.2) is 13.2 Å². The lowest BCUT2D eigenvalue weighted by atomic mass is 9.99. The molecule has 0 saturated heterocycles. The van der Waals surface area contributed by atoms with Crippen LogP contribution in [-0.4, -0.2) is 0 Å². The molecule has 0 bridgehead atoms. The van der Waals surface area contributed by atoms with Crippen molar-refractivity contribution in [3.8, 4) is 0 Å². The van der Waals surface area contributed by atoms with E-state index < -0.39 is 17.7 Å². The molecule has 0 aliphatic rings. The molecule has 4 heteroatoms. The van der Waals surface area contributed by atoms with Gasteiger partial charge in [-0.05, 0) is 36.2 Å². The highest BCUT2D eigenvalue weighted by atomic mass is 19.1. The molecule has 2 aromatic rings. The Kier molecular flexibility index (Phi) is 3.67. The summed E-state index contributed by atoms with van der Waals surface area (Å²) in [5, 5.41) is 0. The van der Waals surface area contributed by atoms with Gasteiger partial charge in [0.1, 0.15) is 17.5 Å². The van der Waals surface area contributed by atoms with Crippen LogP contribution in [0.1, 0.15) is 17.2 Å². The van der Waals surface area contributed by atoms with E-state index in [1.165, 1.54) is 30.3 Å². The zero-order chi connectivity index (χ0) is 13.1. The molecule has 94 valence electrons. The highest BCUT2D eigenvalue weighted by Crippen LogP contribution is 2.22. The van der Waals surface area contributed by atoms with Crippen LogP contribution in [-0.2, 0) is 6.42 Å². The zero-order valence-electron chi connectivity index (χ0n) is 9.54. The Bertz CT molecular complexity index is 517. The van der Waals surface area contributed by atoms with Crippen molar-refractivity contribution < 1.29 is 13.2 Å². The van der Waals surface area contributed by atoms with Crippen molar-refractivity contribution in [2.24, 2.45) is 5.73 Å². The molecule has 0 saturated carbocycles. The molecule has 0 aliphatic heterocycles. The topological polar surface area (TPSA) is 26.0 Å². The Hall–Kier alpha value is -1.81. The minimum absolute atomic E-state index is 0.137. The second kappa shape index (κ2) is 5.23. The molecule has 1 nitrogen and oxygen atoms in total. The molecule has 1 unspecified atom stereocenters. The van der Waals surface area contributed by atoms with Crippen LogP contribution in [0.25, 0.3) is 0 Å². The second-order valence-corrected chi connectivity index (χ2v) is 4.07. The first-order chi connectivity index (χ1) is 8.58. The lowest BCUT2D eigenvalue weighted by molar-refractivity contribution is 0.524. The van der Waals surface area contributed by atoms with Gasteiger partial charge in [-0.3, -0.25) is 0 Å².